The summed E-state index contributed by atoms with van der Waals surface area (Å²) < 4.78 is 10.7. The molecule has 2 aromatic heterocycles. The number of hydrogen-bond acceptors (Lipinski definition) is 8. The molecule has 0 amide bonds. The van der Waals surface area contributed by atoms with Crippen LogP contribution in [0.1, 0.15) is 10.8 Å². The van der Waals surface area contributed by atoms with Gasteiger partial charge in [-0.3, -0.25) is 0 Å². The van der Waals surface area contributed by atoms with Gasteiger partial charge in [-0.2, -0.15) is 0 Å². The van der Waals surface area contributed by atoms with E-state index in [0.717, 1.165) is 21.2 Å². The molecular formula is C15H17N5O2S. The van der Waals surface area contributed by atoms with Gasteiger partial charge >= 0.3 is 6.01 Å². The van der Waals surface area contributed by atoms with E-state index in [1.807, 2.05) is 30.5 Å². The van der Waals surface area contributed by atoms with Crippen molar-refractivity contribution < 1.29 is 9.15 Å². The third kappa shape index (κ3) is 3.85. The van der Waals surface area contributed by atoms with Crippen LogP contribution in [0.3, 0.4) is 0 Å². The van der Waals surface area contributed by atoms with Gasteiger partial charge in [0.05, 0.1) is 13.7 Å². The Morgan fingerprint density at radius 2 is 2.26 bits per heavy atom. The molecule has 0 atom stereocenters. The van der Waals surface area contributed by atoms with E-state index in [4.69, 9.17) is 14.9 Å². The first-order chi connectivity index (χ1) is 11.3. The van der Waals surface area contributed by atoms with Gasteiger partial charge in [0, 0.05) is 29.6 Å². The van der Waals surface area contributed by atoms with Crippen molar-refractivity contribution in [1.29, 1.82) is 0 Å². The number of anilines is 1. The van der Waals surface area contributed by atoms with Crippen molar-refractivity contribution in [3.8, 4) is 16.3 Å². The summed E-state index contributed by atoms with van der Waals surface area (Å²) in [4.78, 5) is 5.52. The Bertz CT molecular complexity index is 771. The van der Waals surface area contributed by atoms with Gasteiger partial charge in [-0.05, 0) is 12.1 Å². The van der Waals surface area contributed by atoms with E-state index in [9.17, 15) is 0 Å². The smallest absolute Gasteiger partial charge is 0.315 e. The summed E-state index contributed by atoms with van der Waals surface area (Å²) >= 11 is 1.60. The number of aromatic nitrogens is 3. The maximum Gasteiger partial charge on any atom is 0.315 e. The highest BCUT2D eigenvalue weighted by molar-refractivity contribution is 7.15. The van der Waals surface area contributed by atoms with Crippen LogP contribution < -0.4 is 15.8 Å². The number of nitrogens with zero attached hydrogens (tertiary/aromatic N) is 3. The summed E-state index contributed by atoms with van der Waals surface area (Å²) in [6.07, 6.45) is 2.42. The molecule has 0 saturated carbocycles. The maximum atomic E-state index is 5.45. The van der Waals surface area contributed by atoms with Crippen LogP contribution in [0.4, 0.5) is 6.01 Å². The summed E-state index contributed by atoms with van der Waals surface area (Å²) in [6.45, 7) is 1.06. The summed E-state index contributed by atoms with van der Waals surface area (Å²) in [5.41, 5.74) is 6.48. The Kier molecular flexibility index (Phi) is 4.84. The average Bonchev–Trinajstić information content (AvgIpc) is 3.23. The van der Waals surface area contributed by atoms with Crippen LogP contribution in [-0.4, -0.2) is 28.8 Å². The van der Waals surface area contributed by atoms with Gasteiger partial charge in [0.1, 0.15) is 10.8 Å². The van der Waals surface area contributed by atoms with Gasteiger partial charge in [0.2, 0.25) is 5.89 Å². The van der Waals surface area contributed by atoms with Gasteiger partial charge in [0.15, 0.2) is 0 Å². The Balaban J connectivity index is 1.64. The van der Waals surface area contributed by atoms with Crippen LogP contribution in [0.15, 0.2) is 34.9 Å². The Morgan fingerprint density at radius 1 is 1.35 bits per heavy atom. The topological polar surface area (TPSA) is 99.1 Å². The Labute approximate surface area is 137 Å². The quantitative estimate of drug-likeness (QED) is 0.685. The molecule has 0 aliphatic rings. The lowest BCUT2D eigenvalue weighted by Gasteiger charge is -2.01. The minimum absolute atomic E-state index is 0.393. The number of methoxy groups -OCH3 is 1. The second kappa shape index (κ2) is 7.21. The predicted molar refractivity (Wildman–Crippen MR) is 88.5 cm³/mol. The lowest BCUT2D eigenvalue weighted by molar-refractivity contribution is 0.415. The average molecular weight is 331 g/mol. The molecule has 0 bridgehead atoms. The zero-order valence-corrected chi connectivity index (χ0v) is 13.5. The van der Waals surface area contributed by atoms with E-state index in [-0.39, 0.29) is 0 Å². The molecule has 0 aliphatic carbocycles. The molecular weight excluding hydrogens is 314 g/mol. The lowest BCUT2D eigenvalue weighted by atomic mass is 10.2. The van der Waals surface area contributed by atoms with Crippen LogP contribution in [0.25, 0.3) is 10.6 Å². The van der Waals surface area contributed by atoms with Crippen molar-refractivity contribution in [1.82, 2.24) is 15.2 Å². The minimum atomic E-state index is 0.393. The van der Waals surface area contributed by atoms with Crippen LogP contribution in [0, 0.1) is 0 Å². The monoisotopic (exact) mass is 331 g/mol. The SMILES string of the molecule is COc1cccc(-c2ncc(CNc3nnc(CCN)o3)s2)c1. The third-order valence-corrected chi connectivity index (χ3v) is 4.16. The standard InChI is InChI=1S/C15H17N5O2S/c1-21-11-4-2-3-10(7-11)14-17-8-12(23-14)9-18-15-20-19-13(22-15)5-6-16/h2-4,7-8H,5-6,9,16H2,1H3,(H,18,20). The first-order valence-electron chi connectivity index (χ1n) is 7.14. The van der Waals surface area contributed by atoms with Crippen molar-refractivity contribution in [3.05, 3.63) is 41.2 Å². The van der Waals surface area contributed by atoms with Crippen LogP contribution in [-0.2, 0) is 13.0 Å². The molecule has 3 rings (SSSR count). The van der Waals surface area contributed by atoms with Gasteiger partial charge in [-0.15, -0.1) is 16.4 Å². The number of ether oxygens (including phenoxy) is 1. The molecule has 8 heteroatoms. The molecule has 3 N–H and O–H groups in total. The maximum absolute atomic E-state index is 5.45. The fraction of sp³-hybridized carbons (Fsp3) is 0.267. The van der Waals surface area contributed by atoms with Crippen molar-refractivity contribution in [2.75, 3.05) is 19.0 Å². The van der Waals surface area contributed by atoms with Gasteiger partial charge in [-0.1, -0.05) is 17.2 Å². The zero-order valence-electron chi connectivity index (χ0n) is 12.7. The first kappa shape index (κ1) is 15.4. The van der Waals surface area contributed by atoms with Gasteiger partial charge in [-0.25, -0.2) is 4.98 Å². The molecule has 0 spiro atoms. The minimum Gasteiger partial charge on any atom is -0.497 e. The number of nitrogens with two attached hydrogens (primary N) is 1. The van der Waals surface area contributed by atoms with E-state index < -0.39 is 0 Å². The number of benzene rings is 1. The van der Waals surface area contributed by atoms with E-state index in [1.165, 1.54) is 0 Å². The second-order valence-electron chi connectivity index (χ2n) is 4.76. The largest absolute Gasteiger partial charge is 0.497 e. The lowest BCUT2D eigenvalue weighted by Crippen LogP contribution is -2.02. The molecule has 0 unspecified atom stereocenters. The van der Waals surface area contributed by atoms with Crippen molar-refractivity contribution in [3.63, 3.8) is 0 Å². The first-order valence-corrected chi connectivity index (χ1v) is 7.95. The number of nitrogens with one attached hydrogen (secondary N) is 1. The molecule has 0 aliphatic heterocycles. The summed E-state index contributed by atoms with van der Waals surface area (Å²) in [5.74, 6) is 1.35. The third-order valence-electron chi connectivity index (χ3n) is 3.11. The van der Waals surface area contributed by atoms with Crippen LogP contribution >= 0.6 is 11.3 Å². The van der Waals surface area contributed by atoms with E-state index in [0.29, 0.717) is 31.4 Å². The Morgan fingerprint density at radius 3 is 3.09 bits per heavy atom. The van der Waals surface area contributed by atoms with E-state index >= 15 is 0 Å². The molecule has 2 heterocycles. The van der Waals surface area contributed by atoms with E-state index in [2.05, 4.69) is 20.5 Å². The van der Waals surface area contributed by atoms with Crippen molar-refractivity contribution >= 4 is 17.4 Å². The molecule has 7 nitrogen and oxygen atoms in total. The molecule has 3 aromatic rings. The molecule has 23 heavy (non-hydrogen) atoms. The molecule has 0 radical (unpaired) electrons. The Hall–Kier alpha value is -2.45. The normalized spacial score (nSPS) is 10.7. The highest BCUT2D eigenvalue weighted by atomic mass is 32.1. The van der Waals surface area contributed by atoms with Crippen molar-refractivity contribution in [2.24, 2.45) is 5.73 Å². The zero-order chi connectivity index (χ0) is 16.1. The predicted octanol–water partition coefficient (Wildman–Crippen LogP) is 2.31. The molecule has 120 valence electrons. The molecule has 0 fully saturated rings. The number of hydrogen-bond donors (Lipinski definition) is 2. The summed E-state index contributed by atoms with van der Waals surface area (Å²) in [7, 11) is 1.65. The second-order valence-corrected chi connectivity index (χ2v) is 5.87. The summed E-state index contributed by atoms with van der Waals surface area (Å²) in [5, 5.41) is 11.9. The number of rotatable bonds is 7. The van der Waals surface area contributed by atoms with Crippen molar-refractivity contribution in [2.45, 2.75) is 13.0 Å². The highest BCUT2D eigenvalue weighted by Crippen LogP contribution is 2.28. The highest BCUT2D eigenvalue weighted by Gasteiger charge is 2.08. The molecule has 0 saturated heterocycles. The number of thiazole rings is 1. The fourth-order valence-electron chi connectivity index (χ4n) is 1.99. The molecule has 1 aromatic carbocycles. The van der Waals surface area contributed by atoms with Gasteiger partial charge in [0.25, 0.3) is 0 Å². The van der Waals surface area contributed by atoms with E-state index in [1.54, 1.807) is 18.4 Å². The van der Waals surface area contributed by atoms with Gasteiger partial charge < -0.3 is 20.2 Å². The van der Waals surface area contributed by atoms with Crippen LogP contribution in [0.5, 0.6) is 5.75 Å². The van der Waals surface area contributed by atoms with Crippen LogP contribution in [0.2, 0.25) is 0 Å². The fourth-order valence-corrected chi connectivity index (χ4v) is 2.84. The summed E-state index contributed by atoms with van der Waals surface area (Å²) in [6, 6.07) is 8.23.